The van der Waals surface area contributed by atoms with Crippen LogP contribution in [0.25, 0.3) is 0 Å². The lowest BCUT2D eigenvalue weighted by molar-refractivity contribution is 0.627. The zero-order valence-electron chi connectivity index (χ0n) is 10.5. The molecule has 2 nitrogen and oxygen atoms in total. The lowest BCUT2D eigenvalue weighted by atomic mass is 9.95. The molecule has 2 N–H and O–H groups in total. The van der Waals surface area contributed by atoms with Gasteiger partial charge in [-0.2, -0.15) is 17.0 Å². The van der Waals surface area contributed by atoms with Crippen molar-refractivity contribution < 1.29 is 0 Å². The van der Waals surface area contributed by atoms with Crippen molar-refractivity contribution in [2.75, 3.05) is 11.5 Å². The van der Waals surface area contributed by atoms with Crippen molar-refractivity contribution in [1.29, 1.82) is 5.26 Å². The van der Waals surface area contributed by atoms with E-state index in [9.17, 15) is 5.26 Å². The molecule has 1 aromatic carbocycles. The van der Waals surface area contributed by atoms with Gasteiger partial charge < -0.3 is 5.73 Å². The Hall–Kier alpha value is -0.980. The topological polar surface area (TPSA) is 49.8 Å². The van der Waals surface area contributed by atoms with E-state index in [4.69, 9.17) is 5.73 Å². The maximum atomic E-state index is 9.26. The van der Waals surface area contributed by atoms with Crippen molar-refractivity contribution >= 4 is 11.8 Å². The molecule has 0 spiro atoms. The highest BCUT2D eigenvalue weighted by atomic mass is 32.2. The molecule has 0 amide bonds. The highest BCUT2D eigenvalue weighted by molar-refractivity contribution is 7.99. The Bertz CT molecular complexity index is 370. The van der Waals surface area contributed by atoms with Crippen LogP contribution in [0, 0.1) is 17.2 Å². The summed E-state index contributed by atoms with van der Waals surface area (Å²) in [5.74, 6) is 2.42. The van der Waals surface area contributed by atoms with E-state index in [2.05, 4.69) is 19.9 Å². The number of nitrogens with zero attached hydrogens (tertiary/aromatic N) is 1. The quantitative estimate of drug-likeness (QED) is 0.787. The SMILES string of the molecule is CC(C)CCSCC(N)(C#N)c1ccccc1. The first-order chi connectivity index (χ1) is 8.08. The van der Waals surface area contributed by atoms with E-state index in [-0.39, 0.29) is 0 Å². The first kappa shape index (κ1) is 14.1. The fourth-order valence-electron chi connectivity index (χ4n) is 1.47. The summed E-state index contributed by atoms with van der Waals surface area (Å²) >= 11 is 1.76. The Kier molecular flexibility index (Phi) is 5.54. The first-order valence-corrected chi connectivity index (χ1v) is 7.07. The van der Waals surface area contributed by atoms with Crippen LogP contribution in [0.4, 0.5) is 0 Å². The van der Waals surface area contributed by atoms with Gasteiger partial charge in [0, 0.05) is 5.75 Å². The Balaban J connectivity index is 2.56. The minimum atomic E-state index is -0.858. The van der Waals surface area contributed by atoms with Crippen molar-refractivity contribution in [3.63, 3.8) is 0 Å². The summed E-state index contributed by atoms with van der Waals surface area (Å²) in [6.45, 7) is 4.41. The summed E-state index contributed by atoms with van der Waals surface area (Å²) in [6.07, 6.45) is 1.17. The minimum Gasteiger partial charge on any atom is -0.309 e. The molecule has 0 aliphatic rings. The molecule has 0 fully saturated rings. The third-order valence-electron chi connectivity index (χ3n) is 2.66. The molecule has 92 valence electrons. The lowest BCUT2D eigenvalue weighted by Gasteiger charge is -2.21. The Morgan fingerprint density at radius 3 is 2.53 bits per heavy atom. The number of thioether (sulfide) groups is 1. The van der Waals surface area contributed by atoms with Gasteiger partial charge in [-0.05, 0) is 23.7 Å². The number of hydrogen-bond donors (Lipinski definition) is 1. The number of hydrogen-bond acceptors (Lipinski definition) is 3. The zero-order valence-corrected chi connectivity index (χ0v) is 11.3. The lowest BCUT2D eigenvalue weighted by Crippen LogP contribution is -2.37. The Morgan fingerprint density at radius 2 is 2.00 bits per heavy atom. The summed E-state index contributed by atoms with van der Waals surface area (Å²) in [7, 11) is 0. The van der Waals surface area contributed by atoms with E-state index in [1.165, 1.54) is 6.42 Å². The van der Waals surface area contributed by atoms with Gasteiger partial charge in [-0.25, -0.2) is 0 Å². The fraction of sp³-hybridized carbons (Fsp3) is 0.500. The molecule has 0 aliphatic carbocycles. The van der Waals surface area contributed by atoms with Crippen molar-refractivity contribution in [3.05, 3.63) is 35.9 Å². The second kappa shape index (κ2) is 6.68. The highest BCUT2D eigenvalue weighted by Gasteiger charge is 2.26. The Morgan fingerprint density at radius 1 is 1.35 bits per heavy atom. The van der Waals surface area contributed by atoms with Crippen LogP contribution in [0.5, 0.6) is 0 Å². The van der Waals surface area contributed by atoms with Crippen molar-refractivity contribution in [3.8, 4) is 6.07 Å². The van der Waals surface area contributed by atoms with E-state index < -0.39 is 5.54 Å². The van der Waals surface area contributed by atoms with Gasteiger partial charge in [-0.15, -0.1) is 0 Å². The maximum absolute atomic E-state index is 9.26. The monoisotopic (exact) mass is 248 g/mol. The molecule has 0 saturated heterocycles. The standard InChI is InChI=1S/C14H20N2S/c1-12(2)8-9-17-11-14(16,10-15)13-6-4-3-5-7-13/h3-7,12H,8-9,11,16H2,1-2H3. The van der Waals surface area contributed by atoms with Gasteiger partial charge >= 0.3 is 0 Å². The summed E-state index contributed by atoms with van der Waals surface area (Å²) < 4.78 is 0. The summed E-state index contributed by atoms with van der Waals surface area (Å²) in [6, 6.07) is 11.9. The fourth-order valence-corrected chi connectivity index (χ4v) is 2.80. The number of nitrogens with two attached hydrogens (primary N) is 1. The average molecular weight is 248 g/mol. The molecule has 1 unspecified atom stereocenters. The molecular weight excluding hydrogens is 228 g/mol. The van der Waals surface area contributed by atoms with Crippen LogP contribution in [-0.2, 0) is 5.54 Å². The number of nitriles is 1. The average Bonchev–Trinajstić information content (AvgIpc) is 2.35. The molecule has 1 rings (SSSR count). The summed E-state index contributed by atoms with van der Waals surface area (Å²) in [4.78, 5) is 0. The smallest absolute Gasteiger partial charge is 0.138 e. The van der Waals surface area contributed by atoms with Gasteiger partial charge in [0.2, 0.25) is 0 Å². The van der Waals surface area contributed by atoms with E-state index in [0.717, 1.165) is 11.3 Å². The predicted octanol–water partition coefficient (Wildman–Crippen LogP) is 3.14. The third kappa shape index (κ3) is 4.41. The van der Waals surface area contributed by atoms with Crippen LogP contribution in [-0.4, -0.2) is 11.5 Å². The van der Waals surface area contributed by atoms with Gasteiger partial charge in [0.1, 0.15) is 5.54 Å². The highest BCUT2D eigenvalue weighted by Crippen LogP contribution is 2.23. The van der Waals surface area contributed by atoms with Crippen molar-refractivity contribution in [2.45, 2.75) is 25.8 Å². The second-order valence-corrected chi connectivity index (χ2v) is 5.79. The van der Waals surface area contributed by atoms with Crippen molar-refractivity contribution in [2.24, 2.45) is 11.7 Å². The third-order valence-corrected chi connectivity index (χ3v) is 3.84. The largest absolute Gasteiger partial charge is 0.309 e. The predicted molar refractivity (Wildman–Crippen MR) is 74.7 cm³/mol. The molecule has 0 heterocycles. The molecular formula is C14H20N2S. The van der Waals surface area contributed by atoms with Crippen molar-refractivity contribution in [1.82, 2.24) is 0 Å². The Labute approximate surface area is 108 Å². The molecule has 0 bridgehead atoms. The first-order valence-electron chi connectivity index (χ1n) is 5.92. The van der Waals surface area contributed by atoms with Gasteiger partial charge in [-0.3, -0.25) is 0 Å². The normalized spacial score (nSPS) is 14.3. The van der Waals surface area contributed by atoms with E-state index in [1.807, 2.05) is 30.3 Å². The summed E-state index contributed by atoms with van der Waals surface area (Å²) in [5.41, 5.74) is 6.20. The van der Waals surface area contributed by atoms with Crippen LogP contribution in [0.15, 0.2) is 30.3 Å². The van der Waals surface area contributed by atoms with E-state index in [0.29, 0.717) is 11.7 Å². The second-order valence-electron chi connectivity index (χ2n) is 4.68. The summed E-state index contributed by atoms with van der Waals surface area (Å²) in [5, 5.41) is 9.26. The van der Waals surface area contributed by atoms with Crippen LogP contribution in [0.1, 0.15) is 25.8 Å². The van der Waals surface area contributed by atoms with E-state index in [1.54, 1.807) is 11.8 Å². The molecule has 1 atom stereocenters. The minimum absolute atomic E-state index is 0.653. The molecule has 0 aliphatic heterocycles. The molecule has 0 radical (unpaired) electrons. The van der Waals surface area contributed by atoms with Gasteiger partial charge in [0.25, 0.3) is 0 Å². The molecule has 1 aromatic rings. The van der Waals surface area contributed by atoms with Crippen LogP contribution in [0.2, 0.25) is 0 Å². The zero-order chi connectivity index (χ0) is 12.7. The molecule has 3 heteroatoms. The van der Waals surface area contributed by atoms with Crippen LogP contribution >= 0.6 is 11.8 Å². The van der Waals surface area contributed by atoms with Gasteiger partial charge in [0.15, 0.2) is 0 Å². The molecule has 17 heavy (non-hydrogen) atoms. The van der Waals surface area contributed by atoms with Crippen LogP contribution in [0.3, 0.4) is 0 Å². The van der Waals surface area contributed by atoms with Gasteiger partial charge in [0.05, 0.1) is 6.07 Å². The maximum Gasteiger partial charge on any atom is 0.138 e. The number of rotatable bonds is 6. The van der Waals surface area contributed by atoms with Crippen LogP contribution < -0.4 is 5.73 Å². The van der Waals surface area contributed by atoms with Gasteiger partial charge in [-0.1, -0.05) is 44.2 Å². The molecule has 0 aromatic heterocycles. The van der Waals surface area contributed by atoms with E-state index >= 15 is 0 Å². The number of benzene rings is 1. The molecule has 0 saturated carbocycles.